The van der Waals surface area contributed by atoms with Gasteiger partial charge in [-0.1, -0.05) is 35.9 Å². The van der Waals surface area contributed by atoms with Gasteiger partial charge >= 0.3 is 6.03 Å². The fraction of sp³-hybridized carbons (Fsp3) is 0.238. The van der Waals surface area contributed by atoms with Crippen LogP contribution in [0.5, 0.6) is 5.75 Å². The first-order chi connectivity index (χ1) is 14.5. The number of ether oxygens (including phenoxy) is 1. The van der Waals surface area contributed by atoms with Crippen LogP contribution in [0, 0.1) is 0 Å². The van der Waals surface area contributed by atoms with Gasteiger partial charge in [-0.25, -0.2) is 9.80 Å². The standard InChI is InChI=1S/C21H19ClN4O4/c1-30-16-4-2-3-14(9-16)17-10-18(13-5-7-15(22)8-6-13)26(24-17)20(28)12-25-19(27)11-23-21(25)29/h2-9,18H,10-12H2,1H3,(H,23,29). The van der Waals surface area contributed by atoms with Gasteiger partial charge < -0.3 is 10.1 Å². The van der Waals surface area contributed by atoms with Crippen LogP contribution in [0.3, 0.4) is 0 Å². The third-order valence-corrected chi connectivity index (χ3v) is 5.31. The zero-order chi connectivity index (χ0) is 21.3. The number of halogens is 1. The van der Waals surface area contributed by atoms with E-state index in [0.717, 1.165) is 16.0 Å². The Morgan fingerprint density at radius 3 is 2.67 bits per heavy atom. The molecule has 1 fully saturated rings. The van der Waals surface area contributed by atoms with Crippen molar-refractivity contribution in [2.75, 3.05) is 20.2 Å². The fourth-order valence-electron chi connectivity index (χ4n) is 3.48. The molecule has 0 aliphatic carbocycles. The molecule has 1 N–H and O–H groups in total. The van der Waals surface area contributed by atoms with Gasteiger partial charge in [0.2, 0.25) is 0 Å². The summed E-state index contributed by atoms with van der Waals surface area (Å²) in [5.74, 6) is -0.201. The average molecular weight is 427 g/mol. The molecule has 154 valence electrons. The van der Waals surface area contributed by atoms with Crippen LogP contribution in [-0.4, -0.2) is 53.7 Å². The second kappa shape index (κ2) is 8.16. The lowest BCUT2D eigenvalue weighted by atomic mass is 9.98. The van der Waals surface area contributed by atoms with Gasteiger partial charge in [0.25, 0.3) is 11.8 Å². The second-order valence-electron chi connectivity index (χ2n) is 6.93. The topological polar surface area (TPSA) is 91.3 Å². The summed E-state index contributed by atoms with van der Waals surface area (Å²) >= 11 is 6.01. The number of carbonyl (C=O) groups excluding carboxylic acids is 3. The highest BCUT2D eigenvalue weighted by Crippen LogP contribution is 2.34. The molecule has 1 unspecified atom stereocenters. The zero-order valence-corrected chi connectivity index (χ0v) is 16.9. The molecule has 0 bridgehead atoms. The third kappa shape index (κ3) is 3.86. The van der Waals surface area contributed by atoms with E-state index < -0.39 is 17.8 Å². The molecule has 9 heteroatoms. The number of nitrogens with one attached hydrogen (secondary N) is 1. The summed E-state index contributed by atoms with van der Waals surface area (Å²) in [6, 6.07) is 13.7. The molecular formula is C21H19ClN4O4. The van der Waals surface area contributed by atoms with Crippen LogP contribution in [0.15, 0.2) is 53.6 Å². The maximum Gasteiger partial charge on any atom is 0.325 e. The zero-order valence-electron chi connectivity index (χ0n) is 16.2. The van der Waals surface area contributed by atoms with Crippen LogP contribution in [0.4, 0.5) is 4.79 Å². The molecule has 8 nitrogen and oxygen atoms in total. The Balaban J connectivity index is 1.65. The first-order valence-electron chi connectivity index (χ1n) is 9.34. The van der Waals surface area contributed by atoms with Crippen LogP contribution in [0.1, 0.15) is 23.6 Å². The number of methoxy groups -OCH3 is 1. The van der Waals surface area contributed by atoms with Gasteiger partial charge in [-0.15, -0.1) is 0 Å². The summed E-state index contributed by atoms with van der Waals surface area (Å²) in [6.45, 7) is -0.477. The normalized spacial score (nSPS) is 18.5. The van der Waals surface area contributed by atoms with E-state index in [-0.39, 0.29) is 19.1 Å². The molecule has 2 heterocycles. The van der Waals surface area contributed by atoms with Crippen molar-refractivity contribution in [2.45, 2.75) is 12.5 Å². The summed E-state index contributed by atoms with van der Waals surface area (Å²) < 4.78 is 5.29. The number of rotatable bonds is 5. The van der Waals surface area contributed by atoms with E-state index in [9.17, 15) is 14.4 Å². The molecule has 2 aliphatic heterocycles. The van der Waals surface area contributed by atoms with Crippen molar-refractivity contribution in [2.24, 2.45) is 5.10 Å². The summed E-state index contributed by atoms with van der Waals surface area (Å²) in [7, 11) is 1.58. The highest BCUT2D eigenvalue weighted by atomic mass is 35.5. The molecule has 2 aromatic rings. The molecule has 1 saturated heterocycles. The molecule has 2 aliphatic rings. The number of nitrogens with zero attached hydrogens (tertiary/aromatic N) is 3. The predicted octanol–water partition coefficient (Wildman–Crippen LogP) is 2.58. The fourth-order valence-corrected chi connectivity index (χ4v) is 3.61. The van der Waals surface area contributed by atoms with Crippen LogP contribution in [0.25, 0.3) is 0 Å². The molecule has 2 aromatic carbocycles. The summed E-state index contributed by atoms with van der Waals surface area (Å²) in [4.78, 5) is 37.7. The molecule has 30 heavy (non-hydrogen) atoms. The first kappa shape index (κ1) is 19.9. The van der Waals surface area contributed by atoms with Gasteiger partial charge in [0.05, 0.1) is 25.4 Å². The summed E-state index contributed by atoms with van der Waals surface area (Å²) in [6.07, 6.45) is 0.473. The largest absolute Gasteiger partial charge is 0.497 e. The maximum absolute atomic E-state index is 13.0. The van der Waals surface area contributed by atoms with Crippen LogP contribution in [-0.2, 0) is 9.59 Å². The minimum Gasteiger partial charge on any atom is -0.497 e. The highest BCUT2D eigenvalue weighted by molar-refractivity contribution is 6.30. The van der Waals surface area contributed by atoms with Crippen LogP contribution in [0.2, 0.25) is 5.02 Å². The van der Waals surface area contributed by atoms with Gasteiger partial charge in [0.15, 0.2) is 0 Å². The van der Waals surface area contributed by atoms with Gasteiger partial charge in [0, 0.05) is 17.0 Å². The minimum atomic E-state index is -0.576. The molecule has 4 amide bonds. The smallest absolute Gasteiger partial charge is 0.325 e. The van der Waals surface area contributed by atoms with E-state index in [1.807, 2.05) is 36.4 Å². The van der Waals surface area contributed by atoms with E-state index in [0.29, 0.717) is 22.9 Å². The van der Waals surface area contributed by atoms with Gasteiger partial charge in [-0.05, 0) is 29.8 Å². The number of carbonyl (C=O) groups is 3. The Bertz CT molecular complexity index is 1020. The van der Waals surface area contributed by atoms with Gasteiger partial charge in [-0.3, -0.25) is 14.5 Å². The molecule has 0 spiro atoms. The van der Waals surface area contributed by atoms with Crippen molar-refractivity contribution in [3.05, 3.63) is 64.7 Å². The van der Waals surface area contributed by atoms with Gasteiger partial charge in [-0.2, -0.15) is 5.10 Å². The van der Waals surface area contributed by atoms with E-state index in [4.69, 9.17) is 16.3 Å². The Labute approximate surface area is 178 Å². The number of urea groups is 1. The lowest BCUT2D eigenvalue weighted by Gasteiger charge is -2.23. The van der Waals surface area contributed by atoms with Crippen molar-refractivity contribution in [3.8, 4) is 5.75 Å². The molecular weight excluding hydrogens is 408 g/mol. The lowest BCUT2D eigenvalue weighted by Crippen LogP contribution is -2.41. The van der Waals surface area contributed by atoms with E-state index in [1.54, 1.807) is 19.2 Å². The molecule has 4 rings (SSSR count). The van der Waals surface area contributed by atoms with E-state index >= 15 is 0 Å². The average Bonchev–Trinajstić information content (AvgIpc) is 3.34. The minimum absolute atomic E-state index is 0.106. The Morgan fingerprint density at radius 2 is 2.00 bits per heavy atom. The maximum atomic E-state index is 13.0. The Hall–Kier alpha value is -3.39. The first-order valence-corrected chi connectivity index (χ1v) is 9.71. The SMILES string of the molecule is COc1cccc(C2=NN(C(=O)CN3C(=O)CNC3=O)C(c3ccc(Cl)cc3)C2)c1. The van der Waals surface area contributed by atoms with Gasteiger partial charge in [0.1, 0.15) is 12.3 Å². The van der Waals surface area contributed by atoms with E-state index in [1.165, 1.54) is 5.01 Å². The van der Waals surface area contributed by atoms with Crippen molar-refractivity contribution in [3.63, 3.8) is 0 Å². The quantitative estimate of drug-likeness (QED) is 0.744. The number of benzene rings is 2. The summed E-state index contributed by atoms with van der Waals surface area (Å²) in [5.41, 5.74) is 2.39. The number of amides is 4. The third-order valence-electron chi connectivity index (χ3n) is 5.05. The predicted molar refractivity (Wildman–Crippen MR) is 110 cm³/mol. The van der Waals surface area contributed by atoms with Crippen LogP contribution < -0.4 is 10.1 Å². The number of hydrazone groups is 1. The van der Waals surface area contributed by atoms with Crippen LogP contribution >= 0.6 is 11.6 Å². The molecule has 0 aromatic heterocycles. The molecule has 1 atom stereocenters. The lowest BCUT2D eigenvalue weighted by molar-refractivity contribution is -0.137. The van der Waals surface area contributed by atoms with Crippen molar-refractivity contribution < 1.29 is 19.1 Å². The van der Waals surface area contributed by atoms with Crippen molar-refractivity contribution >= 4 is 35.2 Å². The monoisotopic (exact) mass is 426 g/mol. The molecule has 0 radical (unpaired) electrons. The highest BCUT2D eigenvalue weighted by Gasteiger charge is 2.37. The summed E-state index contributed by atoms with van der Waals surface area (Å²) in [5, 5.41) is 8.89. The molecule has 0 saturated carbocycles. The second-order valence-corrected chi connectivity index (χ2v) is 7.36. The van der Waals surface area contributed by atoms with E-state index in [2.05, 4.69) is 10.4 Å². The number of hydrogen-bond donors (Lipinski definition) is 1. The number of imide groups is 1. The Kier molecular flexibility index (Phi) is 5.41. The van der Waals surface area contributed by atoms with Crippen molar-refractivity contribution in [1.82, 2.24) is 15.2 Å². The van der Waals surface area contributed by atoms with Crippen molar-refractivity contribution in [1.29, 1.82) is 0 Å². The number of hydrogen-bond acceptors (Lipinski definition) is 5. The Morgan fingerprint density at radius 1 is 1.23 bits per heavy atom.